The van der Waals surface area contributed by atoms with Crippen LogP contribution in [0.2, 0.25) is 0 Å². The first-order valence-electron chi connectivity index (χ1n) is 11.0. The van der Waals surface area contributed by atoms with Crippen LogP contribution in [-0.4, -0.2) is 21.5 Å². The van der Waals surface area contributed by atoms with Crippen molar-refractivity contribution >= 4 is 23.3 Å². The molecule has 5 aromatic rings. The highest BCUT2D eigenvalue weighted by molar-refractivity contribution is 5.91. The first-order chi connectivity index (χ1) is 16.3. The molecule has 3 aromatic heterocycles. The van der Waals surface area contributed by atoms with Crippen molar-refractivity contribution in [3.63, 3.8) is 0 Å². The number of aromatic amines is 1. The van der Waals surface area contributed by atoms with Gasteiger partial charge in [-0.3, -0.25) is 9.78 Å². The van der Waals surface area contributed by atoms with Crippen LogP contribution < -0.4 is 10.9 Å². The van der Waals surface area contributed by atoms with E-state index in [0.29, 0.717) is 10.9 Å². The Morgan fingerprint density at radius 1 is 0.824 bits per heavy atom. The zero-order chi connectivity index (χ0) is 22.5. The van der Waals surface area contributed by atoms with Crippen LogP contribution in [0.4, 0.5) is 0 Å². The van der Waals surface area contributed by atoms with E-state index in [1.165, 1.54) is 11.1 Å². The summed E-state index contributed by atoms with van der Waals surface area (Å²) in [6.45, 7) is 1.71. The normalized spacial score (nSPS) is 10.7. The summed E-state index contributed by atoms with van der Waals surface area (Å²) >= 11 is 0. The maximum absolute atomic E-state index is 12.4. The summed E-state index contributed by atoms with van der Waals surface area (Å²) < 4.78 is 0. The molecule has 3 heterocycles. The molecule has 34 heavy (non-hydrogen) atoms. The van der Waals surface area contributed by atoms with Gasteiger partial charge in [0.25, 0.3) is 5.56 Å². The molecule has 0 aliphatic heterocycles. The minimum absolute atomic E-state index is 0. The number of nitrogens with one attached hydrogen (secondary N) is 2. The molecule has 2 aromatic carbocycles. The molecule has 0 bridgehead atoms. The van der Waals surface area contributed by atoms with E-state index in [9.17, 15) is 4.79 Å². The third kappa shape index (κ3) is 5.22. The molecule has 6 heteroatoms. The molecule has 2 N–H and O–H groups in total. The molecular formula is C28H25ClN4O. The van der Waals surface area contributed by atoms with Crippen LogP contribution in [0.3, 0.4) is 0 Å². The Morgan fingerprint density at radius 3 is 2.35 bits per heavy atom. The summed E-state index contributed by atoms with van der Waals surface area (Å²) in [5, 5.41) is 4.10. The van der Waals surface area contributed by atoms with Gasteiger partial charge < -0.3 is 10.3 Å². The highest BCUT2D eigenvalue weighted by atomic mass is 35.5. The lowest BCUT2D eigenvalue weighted by atomic mass is 9.97. The zero-order valence-electron chi connectivity index (χ0n) is 18.6. The maximum Gasteiger partial charge on any atom is 0.257 e. The minimum atomic E-state index is -0.128. The van der Waals surface area contributed by atoms with E-state index in [1.54, 1.807) is 6.20 Å². The quantitative estimate of drug-likeness (QED) is 0.313. The molecule has 0 amide bonds. The van der Waals surface area contributed by atoms with Crippen LogP contribution in [0.25, 0.3) is 33.3 Å². The van der Waals surface area contributed by atoms with Crippen LogP contribution in [0.1, 0.15) is 11.1 Å². The number of nitrogens with zero attached hydrogens (tertiary/aromatic N) is 2. The van der Waals surface area contributed by atoms with Crippen molar-refractivity contribution in [1.82, 2.24) is 20.3 Å². The van der Waals surface area contributed by atoms with Gasteiger partial charge in [-0.2, -0.15) is 0 Å². The number of benzene rings is 2. The van der Waals surface area contributed by atoms with Crippen molar-refractivity contribution in [3.05, 3.63) is 119 Å². The monoisotopic (exact) mass is 468 g/mol. The van der Waals surface area contributed by atoms with Gasteiger partial charge in [-0.15, -0.1) is 12.4 Å². The van der Waals surface area contributed by atoms with Crippen LogP contribution in [0, 0.1) is 0 Å². The number of H-pyrrole nitrogens is 1. The molecule has 0 aliphatic rings. The van der Waals surface area contributed by atoms with E-state index >= 15 is 0 Å². The number of hydrogen-bond acceptors (Lipinski definition) is 4. The van der Waals surface area contributed by atoms with Gasteiger partial charge in [0.2, 0.25) is 0 Å². The highest BCUT2D eigenvalue weighted by Crippen LogP contribution is 2.32. The fraction of sp³-hybridized carbons (Fsp3) is 0.107. The van der Waals surface area contributed by atoms with Crippen molar-refractivity contribution in [1.29, 1.82) is 0 Å². The van der Waals surface area contributed by atoms with Gasteiger partial charge >= 0.3 is 0 Å². The second-order valence-corrected chi connectivity index (χ2v) is 7.97. The van der Waals surface area contributed by atoms with Crippen molar-refractivity contribution in [2.45, 2.75) is 13.0 Å². The Hall–Kier alpha value is -3.80. The lowest BCUT2D eigenvalue weighted by Gasteiger charge is -2.12. The Bertz CT molecular complexity index is 1420. The average Bonchev–Trinajstić information content (AvgIpc) is 2.88. The van der Waals surface area contributed by atoms with Crippen molar-refractivity contribution in [2.75, 3.05) is 6.54 Å². The largest absolute Gasteiger partial charge is 0.328 e. The zero-order valence-corrected chi connectivity index (χ0v) is 19.4. The smallest absolute Gasteiger partial charge is 0.257 e. The van der Waals surface area contributed by atoms with E-state index in [0.717, 1.165) is 41.9 Å². The fourth-order valence-electron chi connectivity index (χ4n) is 3.96. The summed E-state index contributed by atoms with van der Waals surface area (Å²) in [7, 11) is 0. The lowest BCUT2D eigenvalue weighted by molar-refractivity contribution is 0.686. The number of aromatic nitrogens is 3. The van der Waals surface area contributed by atoms with Crippen molar-refractivity contribution < 1.29 is 0 Å². The van der Waals surface area contributed by atoms with E-state index in [4.69, 9.17) is 4.98 Å². The highest BCUT2D eigenvalue weighted by Gasteiger charge is 2.13. The summed E-state index contributed by atoms with van der Waals surface area (Å²) in [4.78, 5) is 24.1. The Kier molecular flexibility index (Phi) is 7.48. The van der Waals surface area contributed by atoms with Crippen molar-refractivity contribution in [3.8, 4) is 22.4 Å². The summed E-state index contributed by atoms with van der Waals surface area (Å²) in [6, 6.07) is 26.4. The lowest BCUT2D eigenvalue weighted by Crippen LogP contribution is -2.16. The number of pyridine rings is 3. The maximum atomic E-state index is 12.4. The van der Waals surface area contributed by atoms with Gasteiger partial charge in [0.05, 0.1) is 16.6 Å². The minimum Gasteiger partial charge on any atom is -0.328 e. The van der Waals surface area contributed by atoms with E-state index in [2.05, 4.69) is 39.6 Å². The van der Waals surface area contributed by atoms with Gasteiger partial charge in [0.1, 0.15) is 0 Å². The van der Waals surface area contributed by atoms with Gasteiger partial charge in [0, 0.05) is 36.3 Å². The molecule has 0 spiro atoms. The van der Waals surface area contributed by atoms with Crippen LogP contribution >= 0.6 is 12.4 Å². The SMILES string of the molecule is Cl.O=c1[nH]ccc2nc(-c3ccc(CNCCc4ccncc4)cc3)c(-c3ccccc3)cc12. The average molecular weight is 469 g/mol. The first-order valence-corrected chi connectivity index (χ1v) is 11.0. The molecule has 0 unspecified atom stereocenters. The number of hydrogen-bond donors (Lipinski definition) is 2. The Balaban J connectivity index is 0.00000274. The molecule has 0 fully saturated rings. The Labute approximate surface area is 204 Å². The predicted molar refractivity (Wildman–Crippen MR) is 140 cm³/mol. The van der Waals surface area contributed by atoms with E-state index in [1.807, 2.05) is 67.0 Å². The molecule has 0 atom stereocenters. The molecule has 5 rings (SSSR count). The third-order valence-electron chi connectivity index (χ3n) is 5.73. The van der Waals surface area contributed by atoms with E-state index in [-0.39, 0.29) is 18.0 Å². The number of fused-ring (bicyclic) bond motifs is 1. The second kappa shape index (κ2) is 10.9. The summed E-state index contributed by atoms with van der Waals surface area (Å²) in [5.74, 6) is 0. The van der Waals surface area contributed by atoms with Crippen LogP contribution in [-0.2, 0) is 13.0 Å². The molecule has 0 radical (unpaired) electrons. The third-order valence-corrected chi connectivity index (χ3v) is 5.73. The van der Waals surface area contributed by atoms with Crippen LogP contribution in [0.5, 0.6) is 0 Å². The van der Waals surface area contributed by atoms with Gasteiger partial charge in [0.15, 0.2) is 0 Å². The molecule has 0 aliphatic carbocycles. The summed E-state index contributed by atoms with van der Waals surface area (Å²) in [6.07, 6.45) is 6.27. The van der Waals surface area contributed by atoms with Gasteiger partial charge in [-0.1, -0.05) is 54.6 Å². The number of rotatable bonds is 7. The fourth-order valence-corrected chi connectivity index (χ4v) is 3.96. The van der Waals surface area contributed by atoms with Crippen LogP contribution in [0.15, 0.2) is 102 Å². The molecule has 0 saturated carbocycles. The van der Waals surface area contributed by atoms with E-state index < -0.39 is 0 Å². The predicted octanol–water partition coefficient (Wildman–Crippen LogP) is 5.41. The Morgan fingerprint density at radius 2 is 1.59 bits per heavy atom. The first kappa shape index (κ1) is 23.4. The standard InChI is InChI=1S/C28H24N4O.ClH/c33-28-25-18-24(22-4-2-1-3-5-22)27(32-26(25)13-17-31-28)23-8-6-21(7-9-23)19-30-16-12-20-10-14-29-15-11-20;/h1-11,13-15,17-18,30H,12,16,19H2,(H,31,33);1H. The molecule has 170 valence electrons. The molecular weight excluding hydrogens is 444 g/mol. The summed E-state index contributed by atoms with van der Waals surface area (Å²) in [5.41, 5.74) is 6.93. The molecule has 5 nitrogen and oxygen atoms in total. The second-order valence-electron chi connectivity index (χ2n) is 7.97. The van der Waals surface area contributed by atoms with Crippen molar-refractivity contribution in [2.24, 2.45) is 0 Å². The van der Waals surface area contributed by atoms with Gasteiger partial charge in [-0.25, -0.2) is 4.98 Å². The number of halogens is 1. The van der Waals surface area contributed by atoms with Gasteiger partial charge in [-0.05, 0) is 53.9 Å². The topological polar surface area (TPSA) is 70.7 Å². The molecule has 0 saturated heterocycles.